The molecule has 0 aliphatic carbocycles. The highest BCUT2D eigenvalue weighted by Crippen LogP contribution is 2.35. The molecule has 2 heterocycles. The van der Waals surface area contributed by atoms with Crippen LogP contribution in [0.15, 0.2) is 95.9 Å². The van der Waals surface area contributed by atoms with Crippen molar-refractivity contribution in [1.82, 2.24) is 15.6 Å². The van der Waals surface area contributed by atoms with Gasteiger partial charge in [0.05, 0.1) is 28.5 Å². The summed E-state index contributed by atoms with van der Waals surface area (Å²) in [5.41, 5.74) is 5.85. The van der Waals surface area contributed by atoms with Crippen LogP contribution in [0.1, 0.15) is 29.3 Å². The van der Waals surface area contributed by atoms with E-state index in [0.29, 0.717) is 28.9 Å². The van der Waals surface area contributed by atoms with Gasteiger partial charge in [-0.25, -0.2) is 13.8 Å². The Labute approximate surface area is 218 Å². The fourth-order valence-electron chi connectivity index (χ4n) is 4.14. The number of carbonyl (C=O) groups is 1. The number of allylic oxidation sites excluding steroid dienone is 3. The van der Waals surface area contributed by atoms with E-state index >= 15 is 0 Å². The third-order valence-corrected chi connectivity index (χ3v) is 6.77. The summed E-state index contributed by atoms with van der Waals surface area (Å²) in [6.45, 7) is 6.44. The molecule has 5 nitrogen and oxygen atoms in total. The number of hydrogen-bond acceptors (Lipinski definition) is 5. The van der Waals surface area contributed by atoms with Crippen LogP contribution in [0.5, 0.6) is 0 Å². The minimum Gasteiger partial charge on any atom is -0.508 e. The Kier molecular flexibility index (Phi) is 8.30. The van der Waals surface area contributed by atoms with E-state index in [1.54, 1.807) is 23.9 Å². The van der Waals surface area contributed by atoms with Gasteiger partial charge in [-0.2, -0.15) is 0 Å². The minimum absolute atomic E-state index is 0.0204. The zero-order chi connectivity index (χ0) is 26.4. The summed E-state index contributed by atoms with van der Waals surface area (Å²) in [4.78, 5) is 18.7. The van der Waals surface area contributed by atoms with E-state index in [9.17, 15) is 18.7 Å². The molecular weight excluding hydrogens is 492 g/mol. The molecule has 1 amide bonds. The molecule has 1 atom stereocenters. The summed E-state index contributed by atoms with van der Waals surface area (Å²) in [5.74, 6) is -1.65. The molecule has 0 bridgehead atoms. The molecule has 37 heavy (non-hydrogen) atoms. The number of aliphatic hydroxyl groups is 1. The van der Waals surface area contributed by atoms with Crippen molar-refractivity contribution in [3.8, 4) is 10.4 Å². The number of nitrogens with one attached hydrogen (secondary N) is 2. The maximum Gasteiger partial charge on any atom is 0.225 e. The average molecular weight is 520 g/mol. The van der Waals surface area contributed by atoms with E-state index in [-0.39, 0.29) is 24.5 Å². The molecule has 0 radical (unpaired) electrons. The molecule has 2 aromatic carbocycles. The van der Waals surface area contributed by atoms with Gasteiger partial charge in [-0.1, -0.05) is 36.9 Å². The summed E-state index contributed by atoms with van der Waals surface area (Å²) in [6, 6.07) is 10.6. The summed E-state index contributed by atoms with van der Waals surface area (Å²) < 4.78 is 27.9. The van der Waals surface area contributed by atoms with E-state index < -0.39 is 17.7 Å². The standard InChI is InChI=1S/C29H27F2N3O2S/c1-18-6-3-4-8-25(18)29-28(33-17-37-29)26(13-20-11-22(30)15-23(31)12-20)34-27(36)14-21-16-32-9-5-7-24(35)10-19(21)2/h3-8,10-12,15-17,26,32,35H,2,9,13-14H2,1H3,(H,34,36)/b7-5-,21-16-,24-10+. The second-order valence-electron chi connectivity index (χ2n) is 8.73. The highest BCUT2D eigenvalue weighted by atomic mass is 32.1. The van der Waals surface area contributed by atoms with Crippen LogP contribution in [0.4, 0.5) is 8.78 Å². The van der Waals surface area contributed by atoms with Gasteiger partial charge in [-0.3, -0.25) is 4.79 Å². The molecule has 4 rings (SSSR count). The lowest BCUT2D eigenvalue weighted by Crippen LogP contribution is -2.31. The van der Waals surface area contributed by atoms with Gasteiger partial charge in [0.15, 0.2) is 0 Å². The van der Waals surface area contributed by atoms with Crippen molar-refractivity contribution in [3.05, 3.63) is 124 Å². The molecule has 3 aromatic rings. The Morgan fingerprint density at radius 3 is 2.76 bits per heavy atom. The number of hydrogen-bond donors (Lipinski definition) is 3. The fourth-order valence-corrected chi connectivity index (χ4v) is 5.08. The Morgan fingerprint density at radius 1 is 1.24 bits per heavy atom. The number of rotatable bonds is 7. The highest BCUT2D eigenvalue weighted by Gasteiger charge is 2.24. The molecule has 1 aliphatic rings. The van der Waals surface area contributed by atoms with Crippen LogP contribution in [0.2, 0.25) is 0 Å². The molecule has 1 aromatic heterocycles. The summed E-state index contributed by atoms with van der Waals surface area (Å²) in [6.07, 6.45) is 6.62. The molecule has 1 unspecified atom stereocenters. The van der Waals surface area contributed by atoms with Crippen LogP contribution >= 0.6 is 11.3 Å². The van der Waals surface area contributed by atoms with Crippen molar-refractivity contribution in [1.29, 1.82) is 0 Å². The second-order valence-corrected chi connectivity index (χ2v) is 9.59. The fraction of sp³-hybridized carbons (Fsp3) is 0.172. The predicted octanol–water partition coefficient (Wildman–Crippen LogP) is 6.23. The van der Waals surface area contributed by atoms with E-state index in [1.807, 2.05) is 31.2 Å². The van der Waals surface area contributed by atoms with Gasteiger partial charge in [0.2, 0.25) is 5.91 Å². The molecule has 3 N–H and O–H groups in total. The van der Waals surface area contributed by atoms with E-state index in [1.165, 1.54) is 29.5 Å². The summed E-state index contributed by atoms with van der Waals surface area (Å²) in [5, 5.41) is 16.1. The van der Waals surface area contributed by atoms with Crippen LogP contribution in [0, 0.1) is 18.6 Å². The van der Waals surface area contributed by atoms with Gasteiger partial charge in [0.25, 0.3) is 0 Å². The van der Waals surface area contributed by atoms with Gasteiger partial charge in [-0.05, 0) is 65.5 Å². The van der Waals surface area contributed by atoms with Crippen molar-refractivity contribution in [3.63, 3.8) is 0 Å². The number of aliphatic hydroxyl groups excluding tert-OH is 1. The molecule has 8 heteroatoms. The maximum absolute atomic E-state index is 14.0. The Bertz CT molecular complexity index is 1390. The lowest BCUT2D eigenvalue weighted by atomic mass is 9.98. The van der Waals surface area contributed by atoms with Gasteiger partial charge >= 0.3 is 0 Å². The lowest BCUT2D eigenvalue weighted by molar-refractivity contribution is -0.121. The number of amides is 1. The van der Waals surface area contributed by atoms with Crippen LogP contribution in [0.3, 0.4) is 0 Å². The average Bonchev–Trinajstić information content (AvgIpc) is 3.33. The van der Waals surface area contributed by atoms with E-state index in [2.05, 4.69) is 22.2 Å². The number of benzene rings is 2. The van der Waals surface area contributed by atoms with Crippen molar-refractivity contribution < 1.29 is 18.7 Å². The lowest BCUT2D eigenvalue weighted by Gasteiger charge is -2.20. The number of nitrogens with zero attached hydrogens (tertiary/aromatic N) is 1. The minimum atomic E-state index is -0.684. The largest absolute Gasteiger partial charge is 0.508 e. The Hall–Kier alpha value is -4.04. The predicted molar refractivity (Wildman–Crippen MR) is 143 cm³/mol. The smallest absolute Gasteiger partial charge is 0.225 e. The van der Waals surface area contributed by atoms with Crippen LogP contribution in [0.25, 0.3) is 10.4 Å². The van der Waals surface area contributed by atoms with Crippen molar-refractivity contribution >= 4 is 17.2 Å². The van der Waals surface area contributed by atoms with Crippen molar-refractivity contribution in [2.75, 3.05) is 6.54 Å². The normalized spacial score (nSPS) is 18.2. The molecule has 0 fully saturated rings. The maximum atomic E-state index is 14.0. The van der Waals surface area contributed by atoms with Crippen LogP contribution < -0.4 is 10.6 Å². The number of aryl methyl sites for hydroxylation is 1. The van der Waals surface area contributed by atoms with Crippen molar-refractivity contribution in [2.45, 2.75) is 25.8 Å². The third kappa shape index (κ3) is 6.80. The van der Waals surface area contributed by atoms with Crippen molar-refractivity contribution in [2.24, 2.45) is 0 Å². The van der Waals surface area contributed by atoms with Gasteiger partial charge < -0.3 is 15.7 Å². The Morgan fingerprint density at radius 2 is 2.00 bits per heavy atom. The first-order chi connectivity index (χ1) is 17.8. The highest BCUT2D eigenvalue weighted by molar-refractivity contribution is 7.13. The Balaban J connectivity index is 1.64. The number of thiazole rings is 1. The zero-order valence-electron chi connectivity index (χ0n) is 20.3. The summed E-state index contributed by atoms with van der Waals surface area (Å²) in [7, 11) is 0. The van der Waals surface area contributed by atoms with Gasteiger partial charge in [-0.15, -0.1) is 11.3 Å². The first-order valence-electron chi connectivity index (χ1n) is 11.7. The molecule has 190 valence electrons. The van der Waals surface area contributed by atoms with E-state index in [0.717, 1.165) is 22.1 Å². The molecule has 0 saturated carbocycles. The monoisotopic (exact) mass is 519 g/mol. The number of carbonyl (C=O) groups excluding carboxylic acids is 1. The van der Waals surface area contributed by atoms with Gasteiger partial charge in [0, 0.05) is 18.8 Å². The first kappa shape index (κ1) is 26.0. The van der Waals surface area contributed by atoms with Crippen LogP contribution in [-0.4, -0.2) is 22.5 Å². The molecular formula is C29H27F2N3O2S. The SMILES string of the molecule is C=C1/C=C(O)\C=C/CN/C=C\1CC(=O)NC(Cc1cc(F)cc(F)c1)c1ncsc1-c1ccccc1C. The second kappa shape index (κ2) is 11.8. The topological polar surface area (TPSA) is 74.2 Å². The molecule has 1 aliphatic heterocycles. The summed E-state index contributed by atoms with van der Waals surface area (Å²) >= 11 is 1.44. The zero-order valence-corrected chi connectivity index (χ0v) is 21.1. The first-order valence-corrected chi connectivity index (χ1v) is 12.6. The quantitative estimate of drug-likeness (QED) is 0.346. The molecule has 0 saturated heterocycles. The van der Waals surface area contributed by atoms with E-state index in [4.69, 9.17) is 0 Å². The number of aromatic nitrogens is 1. The molecule has 0 spiro atoms. The number of halogens is 2. The third-order valence-electron chi connectivity index (χ3n) is 5.90. The van der Waals surface area contributed by atoms with Gasteiger partial charge in [0.1, 0.15) is 17.4 Å². The van der Waals surface area contributed by atoms with Crippen LogP contribution in [-0.2, 0) is 11.2 Å².